The minimum atomic E-state index is -0.724. The number of carboxylic acid groups (broad SMARTS) is 1. The van der Waals surface area contributed by atoms with Crippen LogP contribution in [0.15, 0.2) is 29.2 Å². The van der Waals surface area contributed by atoms with Crippen molar-refractivity contribution < 1.29 is 9.90 Å². The SMILES string of the molecule is CCCC(Sc1ccc(CNCC)cc1)C(=O)O. The summed E-state index contributed by atoms with van der Waals surface area (Å²) in [5, 5.41) is 12.0. The van der Waals surface area contributed by atoms with Gasteiger partial charge in [-0.2, -0.15) is 0 Å². The minimum absolute atomic E-state index is 0.338. The van der Waals surface area contributed by atoms with Crippen LogP contribution in [0.25, 0.3) is 0 Å². The molecule has 0 fully saturated rings. The Balaban J connectivity index is 2.58. The summed E-state index contributed by atoms with van der Waals surface area (Å²) in [7, 11) is 0. The van der Waals surface area contributed by atoms with Gasteiger partial charge in [0, 0.05) is 11.4 Å². The van der Waals surface area contributed by atoms with Gasteiger partial charge in [-0.3, -0.25) is 4.79 Å². The molecule has 3 nitrogen and oxygen atoms in total. The molecule has 0 bridgehead atoms. The van der Waals surface area contributed by atoms with Gasteiger partial charge >= 0.3 is 5.97 Å². The lowest BCUT2D eigenvalue weighted by atomic mass is 10.2. The highest BCUT2D eigenvalue weighted by Crippen LogP contribution is 2.26. The highest BCUT2D eigenvalue weighted by Gasteiger charge is 2.17. The third-order valence-corrected chi connectivity index (χ3v) is 3.87. The van der Waals surface area contributed by atoms with Gasteiger partial charge in [-0.25, -0.2) is 0 Å². The Labute approximate surface area is 113 Å². The van der Waals surface area contributed by atoms with E-state index in [2.05, 4.69) is 24.4 Å². The van der Waals surface area contributed by atoms with Gasteiger partial charge in [0.05, 0.1) is 0 Å². The van der Waals surface area contributed by atoms with Crippen molar-refractivity contribution in [1.29, 1.82) is 0 Å². The molecule has 1 rings (SSSR count). The molecule has 0 aliphatic rings. The molecule has 4 heteroatoms. The molecule has 2 N–H and O–H groups in total. The highest BCUT2D eigenvalue weighted by molar-refractivity contribution is 8.00. The van der Waals surface area contributed by atoms with Crippen molar-refractivity contribution in [3.63, 3.8) is 0 Å². The van der Waals surface area contributed by atoms with Gasteiger partial charge in [-0.1, -0.05) is 32.4 Å². The van der Waals surface area contributed by atoms with Gasteiger partial charge in [0.25, 0.3) is 0 Å². The first-order valence-corrected chi connectivity index (χ1v) is 7.24. The summed E-state index contributed by atoms with van der Waals surface area (Å²) in [4.78, 5) is 12.1. The summed E-state index contributed by atoms with van der Waals surface area (Å²) in [6.45, 7) is 5.90. The summed E-state index contributed by atoms with van der Waals surface area (Å²) < 4.78 is 0. The lowest BCUT2D eigenvalue weighted by Crippen LogP contribution is -2.15. The van der Waals surface area contributed by atoms with Crippen LogP contribution in [0.2, 0.25) is 0 Å². The van der Waals surface area contributed by atoms with Gasteiger partial charge in [-0.15, -0.1) is 11.8 Å². The second kappa shape index (κ2) is 8.16. The molecule has 0 amide bonds. The van der Waals surface area contributed by atoms with Gasteiger partial charge in [-0.05, 0) is 30.7 Å². The van der Waals surface area contributed by atoms with E-state index in [0.29, 0.717) is 6.42 Å². The predicted molar refractivity (Wildman–Crippen MR) is 76.0 cm³/mol. The zero-order valence-electron chi connectivity index (χ0n) is 11.0. The first-order chi connectivity index (χ1) is 8.67. The maximum atomic E-state index is 11.1. The lowest BCUT2D eigenvalue weighted by Gasteiger charge is -2.11. The Kier molecular flexibility index (Phi) is 6.83. The Hall–Kier alpha value is -1.00. The highest BCUT2D eigenvalue weighted by atomic mass is 32.2. The van der Waals surface area contributed by atoms with Crippen molar-refractivity contribution in [2.24, 2.45) is 0 Å². The monoisotopic (exact) mass is 267 g/mol. The molecule has 0 saturated heterocycles. The van der Waals surface area contributed by atoms with Crippen LogP contribution in [0.5, 0.6) is 0 Å². The molecule has 0 aliphatic carbocycles. The smallest absolute Gasteiger partial charge is 0.316 e. The molecule has 1 aromatic rings. The molecular formula is C14H21NO2S. The van der Waals surface area contributed by atoms with Crippen LogP contribution in [0.1, 0.15) is 32.3 Å². The van der Waals surface area contributed by atoms with Gasteiger partial charge in [0.2, 0.25) is 0 Å². The molecule has 0 aliphatic heterocycles. The normalized spacial score (nSPS) is 12.3. The van der Waals surface area contributed by atoms with Gasteiger partial charge in [0.1, 0.15) is 5.25 Å². The van der Waals surface area contributed by atoms with E-state index in [0.717, 1.165) is 24.4 Å². The number of carboxylic acids is 1. The molecule has 0 radical (unpaired) electrons. The summed E-state index contributed by atoms with van der Waals surface area (Å²) in [5.74, 6) is -0.724. The molecule has 18 heavy (non-hydrogen) atoms. The van der Waals surface area contributed by atoms with Gasteiger partial charge < -0.3 is 10.4 Å². The zero-order valence-corrected chi connectivity index (χ0v) is 11.8. The van der Waals surface area contributed by atoms with Crippen LogP contribution in [0.4, 0.5) is 0 Å². The largest absolute Gasteiger partial charge is 0.480 e. The Morgan fingerprint density at radius 2 is 2.00 bits per heavy atom. The fourth-order valence-electron chi connectivity index (χ4n) is 1.61. The van der Waals surface area contributed by atoms with Crippen LogP contribution >= 0.6 is 11.8 Å². The lowest BCUT2D eigenvalue weighted by molar-refractivity contribution is -0.136. The molecule has 0 spiro atoms. The Bertz CT molecular complexity index is 365. The summed E-state index contributed by atoms with van der Waals surface area (Å²) >= 11 is 1.43. The number of hydrogen-bond acceptors (Lipinski definition) is 3. The van der Waals surface area contributed by atoms with Crippen LogP contribution in [0.3, 0.4) is 0 Å². The number of hydrogen-bond donors (Lipinski definition) is 2. The second-order valence-electron chi connectivity index (χ2n) is 4.16. The van der Waals surface area contributed by atoms with Gasteiger partial charge in [0.15, 0.2) is 0 Å². The fraction of sp³-hybridized carbons (Fsp3) is 0.500. The maximum Gasteiger partial charge on any atom is 0.316 e. The molecule has 1 atom stereocenters. The molecule has 0 aromatic heterocycles. The van der Waals surface area contributed by atoms with Crippen molar-refractivity contribution in [2.75, 3.05) is 6.54 Å². The standard InChI is InChI=1S/C14H21NO2S/c1-3-5-13(14(16)17)18-12-8-6-11(7-9-12)10-15-4-2/h6-9,13,15H,3-5,10H2,1-2H3,(H,16,17). The van der Waals surface area contributed by atoms with Crippen LogP contribution in [-0.2, 0) is 11.3 Å². The Morgan fingerprint density at radius 1 is 1.33 bits per heavy atom. The van der Waals surface area contributed by atoms with Crippen molar-refractivity contribution >= 4 is 17.7 Å². The number of nitrogens with one attached hydrogen (secondary N) is 1. The van der Waals surface area contributed by atoms with Crippen LogP contribution in [0, 0.1) is 0 Å². The topological polar surface area (TPSA) is 49.3 Å². The first kappa shape index (κ1) is 15.1. The van der Waals surface area contributed by atoms with E-state index in [1.807, 2.05) is 19.1 Å². The quantitative estimate of drug-likeness (QED) is 0.710. The average Bonchev–Trinajstić information content (AvgIpc) is 2.37. The van der Waals surface area contributed by atoms with Crippen molar-refractivity contribution in [1.82, 2.24) is 5.32 Å². The number of benzene rings is 1. The molecule has 1 aromatic carbocycles. The third kappa shape index (κ3) is 5.10. The fourth-order valence-corrected chi connectivity index (χ4v) is 2.69. The molecule has 0 heterocycles. The van der Waals surface area contributed by atoms with E-state index in [9.17, 15) is 4.79 Å². The van der Waals surface area contributed by atoms with Crippen molar-refractivity contribution in [3.05, 3.63) is 29.8 Å². The minimum Gasteiger partial charge on any atom is -0.480 e. The van der Waals surface area contributed by atoms with Crippen molar-refractivity contribution in [2.45, 2.75) is 43.4 Å². The summed E-state index contributed by atoms with van der Waals surface area (Å²) in [6.07, 6.45) is 1.60. The number of carbonyl (C=O) groups is 1. The van der Waals surface area contributed by atoms with E-state index < -0.39 is 5.97 Å². The molecule has 100 valence electrons. The predicted octanol–water partition coefficient (Wildman–Crippen LogP) is 3.14. The van der Waals surface area contributed by atoms with Crippen LogP contribution in [-0.4, -0.2) is 22.9 Å². The Morgan fingerprint density at radius 3 is 2.50 bits per heavy atom. The maximum absolute atomic E-state index is 11.1. The summed E-state index contributed by atoms with van der Waals surface area (Å²) in [6, 6.07) is 8.11. The second-order valence-corrected chi connectivity index (χ2v) is 5.43. The number of rotatable bonds is 8. The number of aliphatic carboxylic acids is 1. The molecular weight excluding hydrogens is 246 g/mol. The molecule has 0 saturated carbocycles. The van der Waals surface area contributed by atoms with E-state index in [4.69, 9.17) is 5.11 Å². The number of thioether (sulfide) groups is 1. The van der Waals surface area contributed by atoms with E-state index in [1.165, 1.54) is 17.3 Å². The average molecular weight is 267 g/mol. The zero-order chi connectivity index (χ0) is 13.4. The van der Waals surface area contributed by atoms with Crippen molar-refractivity contribution in [3.8, 4) is 0 Å². The first-order valence-electron chi connectivity index (χ1n) is 6.36. The third-order valence-electron chi connectivity index (χ3n) is 2.61. The molecule has 1 unspecified atom stereocenters. The van der Waals surface area contributed by atoms with E-state index in [1.54, 1.807) is 0 Å². The van der Waals surface area contributed by atoms with E-state index in [-0.39, 0.29) is 5.25 Å². The summed E-state index contributed by atoms with van der Waals surface area (Å²) in [5.41, 5.74) is 1.23. The van der Waals surface area contributed by atoms with E-state index >= 15 is 0 Å². The van der Waals surface area contributed by atoms with Crippen LogP contribution < -0.4 is 5.32 Å².